The van der Waals surface area contributed by atoms with Gasteiger partial charge in [0, 0.05) is 24.9 Å². The molecule has 2 amide bonds. The lowest BCUT2D eigenvalue weighted by atomic mass is 10.1. The molecular weight excluding hydrogens is 242 g/mol. The second-order valence-corrected chi connectivity index (χ2v) is 4.97. The number of hydrogen-bond acceptors (Lipinski definition) is 3. The standard InChI is InChI=1S/C14H21N3O2/c1-10(16-8-11-6-7-19-9-11)12-2-4-13(5-3-12)17-14(15)18/h2-5,10-11,16H,6-9H2,1H3,(H3,15,17,18). The Morgan fingerprint density at radius 1 is 1.47 bits per heavy atom. The molecule has 0 aliphatic carbocycles. The van der Waals surface area contributed by atoms with E-state index in [-0.39, 0.29) is 6.04 Å². The highest BCUT2D eigenvalue weighted by Crippen LogP contribution is 2.17. The molecule has 1 fully saturated rings. The van der Waals surface area contributed by atoms with E-state index in [0.29, 0.717) is 11.6 Å². The lowest BCUT2D eigenvalue weighted by molar-refractivity contribution is 0.184. The molecule has 19 heavy (non-hydrogen) atoms. The summed E-state index contributed by atoms with van der Waals surface area (Å²) in [4.78, 5) is 10.7. The number of carbonyl (C=O) groups is 1. The molecule has 2 atom stereocenters. The SMILES string of the molecule is CC(NCC1CCOC1)c1ccc(NC(N)=O)cc1. The van der Waals surface area contributed by atoms with Gasteiger partial charge in [-0.05, 0) is 37.0 Å². The van der Waals surface area contributed by atoms with Gasteiger partial charge in [0.15, 0.2) is 0 Å². The van der Waals surface area contributed by atoms with Crippen molar-refractivity contribution in [3.8, 4) is 0 Å². The summed E-state index contributed by atoms with van der Waals surface area (Å²) in [6.45, 7) is 4.85. The highest BCUT2D eigenvalue weighted by Gasteiger charge is 2.16. The van der Waals surface area contributed by atoms with Crippen LogP contribution in [0.25, 0.3) is 0 Å². The van der Waals surface area contributed by atoms with Gasteiger partial charge in [-0.15, -0.1) is 0 Å². The maximum atomic E-state index is 10.7. The molecule has 1 aromatic rings. The minimum Gasteiger partial charge on any atom is -0.381 e. The second kappa shape index (κ2) is 6.54. The van der Waals surface area contributed by atoms with Crippen LogP contribution in [0.5, 0.6) is 0 Å². The molecule has 1 aliphatic heterocycles. The van der Waals surface area contributed by atoms with Crippen molar-refractivity contribution < 1.29 is 9.53 Å². The Balaban J connectivity index is 1.84. The zero-order valence-electron chi connectivity index (χ0n) is 11.2. The van der Waals surface area contributed by atoms with Gasteiger partial charge in [-0.2, -0.15) is 0 Å². The minimum atomic E-state index is -0.542. The average Bonchev–Trinajstić information content (AvgIpc) is 2.89. The number of nitrogens with one attached hydrogen (secondary N) is 2. The Labute approximate surface area is 113 Å². The van der Waals surface area contributed by atoms with Crippen LogP contribution >= 0.6 is 0 Å². The fraction of sp³-hybridized carbons (Fsp3) is 0.500. The van der Waals surface area contributed by atoms with Crippen LogP contribution in [-0.2, 0) is 4.74 Å². The van der Waals surface area contributed by atoms with Crippen molar-refractivity contribution in [1.82, 2.24) is 5.32 Å². The first kappa shape index (κ1) is 13.8. The monoisotopic (exact) mass is 263 g/mol. The zero-order chi connectivity index (χ0) is 13.7. The molecule has 0 aromatic heterocycles. The lowest BCUT2D eigenvalue weighted by Crippen LogP contribution is -2.26. The fourth-order valence-corrected chi connectivity index (χ4v) is 2.20. The summed E-state index contributed by atoms with van der Waals surface area (Å²) >= 11 is 0. The van der Waals surface area contributed by atoms with Gasteiger partial charge < -0.3 is 21.1 Å². The molecule has 1 saturated heterocycles. The maximum absolute atomic E-state index is 10.7. The molecular formula is C14H21N3O2. The molecule has 0 radical (unpaired) electrons. The van der Waals surface area contributed by atoms with Crippen LogP contribution in [0.3, 0.4) is 0 Å². The third-order valence-electron chi connectivity index (χ3n) is 3.41. The van der Waals surface area contributed by atoms with E-state index in [1.54, 1.807) is 0 Å². The first-order chi connectivity index (χ1) is 9.15. The van der Waals surface area contributed by atoms with Gasteiger partial charge in [-0.3, -0.25) is 0 Å². The van der Waals surface area contributed by atoms with Gasteiger partial charge in [-0.1, -0.05) is 12.1 Å². The number of primary amides is 1. The highest BCUT2D eigenvalue weighted by atomic mass is 16.5. The number of amides is 2. The van der Waals surface area contributed by atoms with Crippen LogP contribution in [0.1, 0.15) is 24.9 Å². The molecule has 2 rings (SSSR count). The molecule has 104 valence electrons. The van der Waals surface area contributed by atoms with Crippen molar-refractivity contribution in [2.24, 2.45) is 11.7 Å². The first-order valence-electron chi connectivity index (χ1n) is 6.62. The molecule has 5 heteroatoms. The third kappa shape index (κ3) is 4.22. The number of benzene rings is 1. The van der Waals surface area contributed by atoms with Crippen LogP contribution in [0.2, 0.25) is 0 Å². The van der Waals surface area contributed by atoms with E-state index in [0.717, 1.165) is 26.2 Å². The van der Waals surface area contributed by atoms with Crippen LogP contribution < -0.4 is 16.4 Å². The summed E-state index contributed by atoms with van der Waals surface area (Å²) in [5.41, 5.74) is 6.97. The number of ether oxygens (including phenoxy) is 1. The Morgan fingerprint density at radius 2 is 2.21 bits per heavy atom. The Morgan fingerprint density at radius 3 is 2.79 bits per heavy atom. The van der Waals surface area contributed by atoms with E-state index >= 15 is 0 Å². The lowest BCUT2D eigenvalue weighted by Gasteiger charge is -2.17. The van der Waals surface area contributed by atoms with Crippen molar-refractivity contribution in [3.63, 3.8) is 0 Å². The average molecular weight is 263 g/mol. The van der Waals surface area contributed by atoms with Crippen LogP contribution in [-0.4, -0.2) is 25.8 Å². The topological polar surface area (TPSA) is 76.4 Å². The molecule has 2 unspecified atom stereocenters. The van der Waals surface area contributed by atoms with Crippen molar-refractivity contribution in [3.05, 3.63) is 29.8 Å². The summed E-state index contributed by atoms with van der Waals surface area (Å²) in [5, 5.41) is 6.06. The molecule has 1 heterocycles. The molecule has 0 spiro atoms. The van der Waals surface area contributed by atoms with Gasteiger partial charge in [0.25, 0.3) is 0 Å². The Bertz CT molecular complexity index is 413. The van der Waals surface area contributed by atoms with E-state index in [2.05, 4.69) is 17.6 Å². The molecule has 0 bridgehead atoms. The Hall–Kier alpha value is -1.59. The summed E-state index contributed by atoms with van der Waals surface area (Å²) in [7, 11) is 0. The molecule has 5 nitrogen and oxygen atoms in total. The van der Waals surface area contributed by atoms with E-state index in [1.165, 1.54) is 5.56 Å². The van der Waals surface area contributed by atoms with Gasteiger partial charge >= 0.3 is 6.03 Å². The zero-order valence-corrected chi connectivity index (χ0v) is 11.2. The summed E-state index contributed by atoms with van der Waals surface area (Å²) in [6.07, 6.45) is 1.14. The fourth-order valence-electron chi connectivity index (χ4n) is 2.20. The van der Waals surface area contributed by atoms with Crippen LogP contribution in [0.15, 0.2) is 24.3 Å². The Kier molecular flexibility index (Phi) is 4.76. The van der Waals surface area contributed by atoms with Crippen LogP contribution in [0, 0.1) is 5.92 Å². The normalized spacial score (nSPS) is 20.2. The van der Waals surface area contributed by atoms with E-state index < -0.39 is 6.03 Å². The quantitative estimate of drug-likeness (QED) is 0.759. The molecule has 4 N–H and O–H groups in total. The predicted octanol–water partition coefficient (Wildman–Crippen LogP) is 1.86. The number of carbonyl (C=O) groups excluding carboxylic acids is 1. The van der Waals surface area contributed by atoms with E-state index in [4.69, 9.17) is 10.5 Å². The highest BCUT2D eigenvalue weighted by molar-refractivity contribution is 5.87. The van der Waals surface area contributed by atoms with E-state index in [9.17, 15) is 4.79 Å². The van der Waals surface area contributed by atoms with Crippen molar-refractivity contribution in [2.45, 2.75) is 19.4 Å². The van der Waals surface area contributed by atoms with Crippen molar-refractivity contribution >= 4 is 11.7 Å². The van der Waals surface area contributed by atoms with Crippen molar-refractivity contribution in [1.29, 1.82) is 0 Å². The first-order valence-corrected chi connectivity index (χ1v) is 6.62. The summed E-state index contributed by atoms with van der Waals surface area (Å²) in [5.74, 6) is 0.623. The number of anilines is 1. The minimum absolute atomic E-state index is 0.281. The van der Waals surface area contributed by atoms with Gasteiger partial charge in [0.1, 0.15) is 0 Å². The van der Waals surface area contributed by atoms with Crippen molar-refractivity contribution in [2.75, 3.05) is 25.1 Å². The largest absolute Gasteiger partial charge is 0.381 e. The van der Waals surface area contributed by atoms with Gasteiger partial charge in [0.2, 0.25) is 0 Å². The number of hydrogen-bond donors (Lipinski definition) is 3. The molecule has 1 aliphatic rings. The third-order valence-corrected chi connectivity index (χ3v) is 3.41. The maximum Gasteiger partial charge on any atom is 0.316 e. The number of urea groups is 1. The van der Waals surface area contributed by atoms with Gasteiger partial charge in [-0.25, -0.2) is 4.79 Å². The number of nitrogens with two attached hydrogens (primary N) is 1. The smallest absolute Gasteiger partial charge is 0.316 e. The van der Waals surface area contributed by atoms with E-state index in [1.807, 2.05) is 24.3 Å². The number of rotatable bonds is 5. The predicted molar refractivity (Wildman–Crippen MR) is 75.0 cm³/mol. The second-order valence-electron chi connectivity index (χ2n) is 4.97. The summed E-state index contributed by atoms with van der Waals surface area (Å²) < 4.78 is 5.36. The molecule has 0 saturated carbocycles. The van der Waals surface area contributed by atoms with Crippen LogP contribution in [0.4, 0.5) is 10.5 Å². The summed E-state index contributed by atoms with van der Waals surface area (Å²) in [6, 6.07) is 7.44. The van der Waals surface area contributed by atoms with Gasteiger partial charge in [0.05, 0.1) is 6.61 Å². The molecule has 1 aromatic carbocycles.